The predicted octanol–water partition coefficient (Wildman–Crippen LogP) is 4.50. The first-order valence-electron chi connectivity index (χ1n) is 5.88. The molecule has 1 fully saturated rings. The van der Waals surface area contributed by atoms with Gasteiger partial charge in [-0.25, -0.2) is 0 Å². The smallest absolute Gasteiger partial charge is 0.303 e. The number of halogens is 1. The average molecular weight is 380 g/mol. The van der Waals surface area contributed by atoms with Crippen molar-refractivity contribution in [2.75, 3.05) is 0 Å². The Morgan fingerprint density at radius 3 is 2.72 bits per heavy atom. The van der Waals surface area contributed by atoms with Crippen LogP contribution in [0.1, 0.15) is 31.7 Å². The molecule has 1 aromatic carbocycles. The molecule has 0 unspecified atom stereocenters. The molecule has 1 saturated carbocycles. The molecule has 1 aromatic rings. The highest BCUT2D eigenvalue weighted by Gasteiger charge is 2.12. The van der Waals surface area contributed by atoms with Crippen LogP contribution in [-0.2, 0) is 11.2 Å². The van der Waals surface area contributed by atoms with Gasteiger partial charge in [-0.1, -0.05) is 31.9 Å². The number of hydrogen-bond acceptors (Lipinski definition) is 3. The lowest BCUT2D eigenvalue weighted by Gasteiger charge is -2.02. The van der Waals surface area contributed by atoms with Crippen molar-refractivity contribution >= 4 is 36.4 Å². The third kappa shape index (κ3) is 7.81. The number of carboxylic acids is 1. The van der Waals surface area contributed by atoms with Crippen LogP contribution in [0, 0.1) is 5.92 Å². The fraction of sp³-hybridized carbons (Fsp3) is 0.462. The SMILES string of the molecule is CC1CC1.O=C(O)CCc1cccc(OSI)c1. The van der Waals surface area contributed by atoms with Gasteiger partial charge < -0.3 is 9.29 Å². The van der Waals surface area contributed by atoms with Crippen molar-refractivity contribution in [1.82, 2.24) is 0 Å². The summed E-state index contributed by atoms with van der Waals surface area (Å²) >= 11 is 2.03. The van der Waals surface area contributed by atoms with E-state index in [0.717, 1.165) is 17.2 Å². The zero-order chi connectivity index (χ0) is 13.4. The number of carboxylic acid groups (broad SMARTS) is 1. The Bertz CT molecular complexity index is 380. The lowest BCUT2D eigenvalue weighted by Crippen LogP contribution is -1.97. The summed E-state index contributed by atoms with van der Waals surface area (Å²) in [7, 11) is 1.24. The number of hydrogen-bond donors (Lipinski definition) is 1. The standard InChI is InChI=1S/C9H9IO3S.C4H8/c10-14-13-8-3-1-2-7(6-8)4-5-9(11)12;1-4-2-3-4/h1-3,6H,4-5H2,(H,11,12);4H,2-3H2,1H3. The Labute approximate surface area is 124 Å². The number of rotatable bonds is 5. The van der Waals surface area contributed by atoms with Crippen LogP contribution in [0.15, 0.2) is 24.3 Å². The first-order valence-corrected chi connectivity index (χ1v) is 9.16. The van der Waals surface area contributed by atoms with Gasteiger partial charge in [0, 0.05) is 27.6 Å². The van der Waals surface area contributed by atoms with Crippen LogP contribution in [0.5, 0.6) is 5.75 Å². The van der Waals surface area contributed by atoms with Gasteiger partial charge in [0.2, 0.25) is 0 Å². The molecule has 0 amide bonds. The molecule has 18 heavy (non-hydrogen) atoms. The average Bonchev–Trinajstić information content (AvgIpc) is 3.11. The highest BCUT2D eigenvalue weighted by molar-refractivity contribution is 14.2. The Hall–Kier alpha value is -0.430. The zero-order valence-corrected chi connectivity index (χ0v) is 13.2. The van der Waals surface area contributed by atoms with Gasteiger partial charge >= 0.3 is 5.97 Å². The number of carbonyl (C=O) groups is 1. The highest BCUT2D eigenvalue weighted by atomic mass is 127. The fourth-order valence-corrected chi connectivity index (χ4v) is 2.01. The van der Waals surface area contributed by atoms with Crippen molar-refractivity contribution in [3.63, 3.8) is 0 Å². The fourth-order valence-electron chi connectivity index (χ4n) is 1.21. The van der Waals surface area contributed by atoms with Gasteiger partial charge in [0.1, 0.15) is 15.0 Å². The van der Waals surface area contributed by atoms with Gasteiger partial charge in [-0.05, 0) is 30.0 Å². The molecule has 100 valence electrons. The molecule has 0 bridgehead atoms. The Kier molecular flexibility index (Phi) is 7.50. The molecule has 0 spiro atoms. The van der Waals surface area contributed by atoms with E-state index in [4.69, 9.17) is 9.29 Å². The first kappa shape index (κ1) is 15.6. The van der Waals surface area contributed by atoms with Gasteiger partial charge in [0.05, 0.1) is 0 Å². The number of aryl methyl sites for hydroxylation is 1. The summed E-state index contributed by atoms with van der Waals surface area (Å²) in [6.07, 6.45) is 3.67. The van der Waals surface area contributed by atoms with E-state index in [-0.39, 0.29) is 6.42 Å². The Balaban J connectivity index is 0.000000341. The quantitative estimate of drug-likeness (QED) is 0.604. The van der Waals surface area contributed by atoms with Crippen LogP contribution < -0.4 is 4.18 Å². The van der Waals surface area contributed by atoms with E-state index in [1.165, 1.54) is 22.1 Å². The zero-order valence-electron chi connectivity index (χ0n) is 10.3. The topological polar surface area (TPSA) is 46.5 Å². The van der Waals surface area contributed by atoms with Gasteiger partial charge in [0.15, 0.2) is 0 Å². The minimum absolute atomic E-state index is 0.154. The van der Waals surface area contributed by atoms with Gasteiger partial charge in [0.25, 0.3) is 0 Å². The molecule has 0 atom stereocenters. The van der Waals surface area contributed by atoms with Crippen molar-refractivity contribution in [2.24, 2.45) is 5.92 Å². The normalized spacial score (nSPS) is 13.4. The van der Waals surface area contributed by atoms with E-state index in [9.17, 15) is 4.79 Å². The molecule has 1 aliphatic rings. The van der Waals surface area contributed by atoms with E-state index >= 15 is 0 Å². The van der Waals surface area contributed by atoms with E-state index in [1.807, 2.05) is 45.5 Å². The summed E-state index contributed by atoms with van der Waals surface area (Å²) in [5.74, 6) is 1.06. The second-order valence-electron chi connectivity index (χ2n) is 4.37. The van der Waals surface area contributed by atoms with Gasteiger partial charge in [-0.3, -0.25) is 4.79 Å². The van der Waals surface area contributed by atoms with Crippen LogP contribution >= 0.6 is 30.4 Å². The van der Waals surface area contributed by atoms with Crippen LogP contribution in [0.25, 0.3) is 0 Å². The molecule has 5 heteroatoms. The number of benzene rings is 1. The van der Waals surface area contributed by atoms with Crippen molar-refractivity contribution in [2.45, 2.75) is 32.6 Å². The summed E-state index contributed by atoms with van der Waals surface area (Å²) in [5.41, 5.74) is 0.982. The van der Waals surface area contributed by atoms with E-state index in [1.54, 1.807) is 0 Å². The van der Waals surface area contributed by atoms with E-state index in [0.29, 0.717) is 6.42 Å². The van der Waals surface area contributed by atoms with E-state index < -0.39 is 5.97 Å². The monoisotopic (exact) mass is 380 g/mol. The highest BCUT2D eigenvalue weighted by Crippen LogP contribution is 2.26. The van der Waals surface area contributed by atoms with Crippen LogP contribution in [0.4, 0.5) is 0 Å². The van der Waals surface area contributed by atoms with Crippen molar-refractivity contribution in [3.8, 4) is 5.75 Å². The minimum Gasteiger partial charge on any atom is -0.481 e. The van der Waals surface area contributed by atoms with E-state index in [2.05, 4.69) is 6.92 Å². The molecule has 0 aliphatic heterocycles. The minimum atomic E-state index is -0.778. The van der Waals surface area contributed by atoms with Gasteiger partial charge in [-0.2, -0.15) is 0 Å². The molecule has 0 aromatic heterocycles. The summed E-state index contributed by atoms with van der Waals surface area (Å²) in [6.45, 7) is 2.28. The molecule has 1 aliphatic carbocycles. The number of aliphatic carboxylic acids is 1. The van der Waals surface area contributed by atoms with Crippen LogP contribution in [0.2, 0.25) is 0 Å². The molecule has 0 heterocycles. The molecule has 3 nitrogen and oxygen atoms in total. The molecular formula is C13H17IO3S. The first-order chi connectivity index (χ1) is 8.61. The summed E-state index contributed by atoms with van der Waals surface area (Å²) in [6, 6.07) is 7.46. The van der Waals surface area contributed by atoms with Crippen molar-refractivity contribution < 1.29 is 14.1 Å². The van der Waals surface area contributed by atoms with Crippen LogP contribution in [0.3, 0.4) is 0 Å². The Morgan fingerprint density at radius 2 is 2.22 bits per heavy atom. The maximum absolute atomic E-state index is 10.3. The second kappa shape index (κ2) is 8.63. The largest absolute Gasteiger partial charge is 0.481 e. The van der Waals surface area contributed by atoms with Gasteiger partial charge in [-0.15, -0.1) is 0 Å². The summed E-state index contributed by atoms with van der Waals surface area (Å²) in [4.78, 5) is 10.3. The third-order valence-electron chi connectivity index (χ3n) is 2.52. The predicted molar refractivity (Wildman–Crippen MR) is 83.0 cm³/mol. The molecule has 0 radical (unpaired) electrons. The lowest BCUT2D eigenvalue weighted by molar-refractivity contribution is -0.136. The van der Waals surface area contributed by atoms with Crippen LogP contribution in [-0.4, -0.2) is 11.1 Å². The maximum Gasteiger partial charge on any atom is 0.303 e. The molecule has 1 N–H and O–H groups in total. The second-order valence-corrected chi connectivity index (χ2v) is 5.74. The third-order valence-corrected chi connectivity index (χ3v) is 3.31. The lowest BCUT2D eigenvalue weighted by atomic mass is 10.1. The van der Waals surface area contributed by atoms with Crippen molar-refractivity contribution in [1.29, 1.82) is 0 Å². The Morgan fingerprint density at radius 1 is 1.56 bits per heavy atom. The molecule has 2 rings (SSSR count). The maximum atomic E-state index is 10.3. The molecular weight excluding hydrogens is 363 g/mol. The van der Waals surface area contributed by atoms with Crippen molar-refractivity contribution in [3.05, 3.63) is 29.8 Å². The summed E-state index contributed by atoms with van der Waals surface area (Å²) in [5, 5.41) is 8.51. The molecule has 0 saturated heterocycles. The summed E-state index contributed by atoms with van der Waals surface area (Å²) < 4.78 is 5.21.